The molecular formula is C40H28N2O. The second-order valence-corrected chi connectivity index (χ2v) is 12.0. The van der Waals surface area contributed by atoms with Gasteiger partial charge in [-0.15, -0.1) is 0 Å². The van der Waals surface area contributed by atoms with E-state index in [0.29, 0.717) is 0 Å². The fraction of sp³-hybridized carbons (Fsp3) is 0.0750. The highest BCUT2D eigenvalue weighted by molar-refractivity contribution is 6.11. The molecule has 204 valence electrons. The molecule has 0 unspecified atom stereocenters. The highest BCUT2D eigenvalue weighted by Crippen LogP contribution is 2.51. The number of hydrogen-bond donors (Lipinski definition) is 0. The molecule has 0 N–H and O–H groups in total. The first kappa shape index (κ1) is 24.2. The van der Waals surface area contributed by atoms with Gasteiger partial charge in [0.25, 0.3) is 0 Å². The number of benzene rings is 5. The summed E-state index contributed by atoms with van der Waals surface area (Å²) >= 11 is 0. The summed E-state index contributed by atoms with van der Waals surface area (Å²) in [6.45, 7) is 4.65. The zero-order chi connectivity index (χ0) is 28.7. The molecule has 3 heteroatoms. The van der Waals surface area contributed by atoms with Crippen molar-refractivity contribution in [3.63, 3.8) is 0 Å². The van der Waals surface area contributed by atoms with E-state index in [1.54, 1.807) is 0 Å². The Balaban J connectivity index is 1.18. The Labute approximate surface area is 249 Å². The van der Waals surface area contributed by atoms with Gasteiger partial charge in [-0.05, 0) is 52.1 Å². The van der Waals surface area contributed by atoms with Gasteiger partial charge in [0.1, 0.15) is 16.8 Å². The molecular weight excluding hydrogens is 524 g/mol. The number of nitrogens with zero attached hydrogens (tertiary/aromatic N) is 2. The Bertz CT molecular complexity index is 2360. The molecule has 0 aliphatic heterocycles. The van der Waals surface area contributed by atoms with Gasteiger partial charge in [-0.3, -0.25) is 4.40 Å². The van der Waals surface area contributed by atoms with E-state index < -0.39 is 0 Å². The smallest absolute Gasteiger partial charge is 0.143 e. The number of para-hydroxylation sites is 1. The predicted octanol–water partition coefficient (Wildman–Crippen LogP) is 10.5. The van der Waals surface area contributed by atoms with E-state index in [4.69, 9.17) is 9.40 Å². The molecule has 0 fully saturated rings. The van der Waals surface area contributed by atoms with Crippen LogP contribution < -0.4 is 0 Å². The Morgan fingerprint density at radius 3 is 2.19 bits per heavy atom. The van der Waals surface area contributed by atoms with Crippen molar-refractivity contribution in [2.75, 3.05) is 0 Å². The second-order valence-electron chi connectivity index (χ2n) is 12.0. The first-order valence-corrected chi connectivity index (χ1v) is 14.8. The highest BCUT2D eigenvalue weighted by Gasteiger charge is 2.36. The van der Waals surface area contributed by atoms with Crippen molar-refractivity contribution in [3.05, 3.63) is 145 Å². The average Bonchev–Trinajstić information content (AvgIpc) is 3.69. The first-order valence-electron chi connectivity index (χ1n) is 14.8. The molecule has 1 aliphatic carbocycles. The number of pyridine rings is 1. The first-order chi connectivity index (χ1) is 21.1. The molecule has 9 rings (SSSR count). The molecule has 8 aromatic rings. The van der Waals surface area contributed by atoms with Crippen LogP contribution >= 0.6 is 0 Å². The van der Waals surface area contributed by atoms with E-state index in [1.165, 1.54) is 27.6 Å². The standard InChI is InChI=1S/C40H28N2O/c1-40(2)33-16-7-6-13-29(33)31-24-35-32(23-34(31)40)30-15-10-14-28(39(30)43-35)25-18-20-27(21-19-25)38-37(26-11-4-3-5-12-26)41-36-17-8-9-22-42(36)38/h3-24H,1-2H3. The van der Waals surface area contributed by atoms with Gasteiger partial charge in [-0.1, -0.05) is 117 Å². The van der Waals surface area contributed by atoms with Gasteiger partial charge < -0.3 is 4.42 Å². The molecule has 0 spiro atoms. The molecule has 3 aromatic heterocycles. The van der Waals surface area contributed by atoms with Gasteiger partial charge in [0.05, 0.1) is 11.4 Å². The summed E-state index contributed by atoms with van der Waals surface area (Å²) in [5.41, 5.74) is 14.6. The molecule has 43 heavy (non-hydrogen) atoms. The van der Waals surface area contributed by atoms with Crippen LogP contribution in [0.4, 0.5) is 0 Å². The van der Waals surface area contributed by atoms with E-state index in [9.17, 15) is 0 Å². The molecule has 0 radical (unpaired) electrons. The van der Waals surface area contributed by atoms with E-state index in [-0.39, 0.29) is 5.41 Å². The minimum absolute atomic E-state index is 0.0480. The molecule has 0 bridgehead atoms. The van der Waals surface area contributed by atoms with Gasteiger partial charge in [0.15, 0.2) is 0 Å². The molecule has 1 aliphatic rings. The third-order valence-corrected chi connectivity index (χ3v) is 9.25. The van der Waals surface area contributed by atoms with E-state index in [2.05, 4.69) is 140 Å². The molecule has 0 atom stereocenters. The summed E-state index contributed by atoms with van der Waals surface area (Å²) in [6, 6.07) is 45.2. The van der Waals surface area contributed by atoms with Gasteiger partial charge >= 0.3 is 0 Å². The van der Waals surface area contributed by atoms with Crippen molar-refractivity contribution < 1.29 is 4.42 Å². The van der Waals surface area contributed by atoms with Crippen molar-refractivity contribution in [3.8, 4) is 44.8 Å². The van der Waals surface area contributed by atoms with E-state index >= 15 is 0 Å². The molecule has 3 nitrogen and oxygen atoms in total. The molecule has 0 saturated heterocycles. The summed E-state index contributed by atoms with van der Waals surface area (Å²) in [6.07, 6.45) is 2.09. The highest BCUT2D eigenvalue weighted by atomic mass is 16.3. The van der Waals surface area contributed by atoms with Crippen molar-refractivity contribution in [2.45, 2.75) is 19.3 Å². The lowest BCUT2D eigenvalue weighted by Crippen LogP contribution is -2.14. The van der Waals surface area contributed by atoms with Crippen molar-refractivity contribution in [1.82, 2.24) is 9.38 Å². The monoisotopic (exact) mass is 552 g/mol. The SMILES string of the molecule is CC1(C)c2ccccc2-c2cc3oc4c(-c5ccc(-c6c(-c7ccccc7)nc7ccccn67)cc5)cccc4c3cc21. The zero-order valence-corrected chi connectivity index (χ0v) is 24.0. The third-order valence-electron chi connectivity index (χ3n) is 9.25. The summed E-state index contributed by atoms with van der Waals surface area (Å²) in [5, 5.41) is 2.32. The van der Waals surface area contributed by atoms with E-state index in [1.807, 2.05) is 12.1 Å². The van der Waals surface area contributed by atoms with Gasteiger partial charge in [-0.2, -0.15) is 0 Å². The van der Waals surface area contributed by atoms with Crippen molar-refractivity contribution in [2.24, 2.45) is 0 Å². The lowest BCUT2D eigenvalue weighted by Gasteiger charge is -2.21. The van der Waals surface area contributed by atoms with Crippen LogP contribution in [0.5, 0.6) is 0 Å². The number of imidazole rings is 1. The summed E-state index contributed by atoms with van der Waals surface area (Å²) in [7, 11) is 0. The normalized spacial score (nSPS) is 13.5. The fourth-order valence-electron chi connectivity index (χ4n) is 7.10. The van der Waals surface area contributed by atoms with Crippen LogP contribution in [-0.2, 0) is 5.41 Å². The number of hydrogen-bond acceptors (Lipinski definition) is 2. The Morgan fingerprint density at radius 2 is 1.33 bits per heavy atom. The van der Waals surface area contributed by atoms with Gasteiger partial charge in [-0.25, -0.2) is 4.98 Å². The van der Waals surface area contributed by atoms with Crippen LogP contribution in [0.1, 0.15) is 25.0 Å². The molecule has 3 heterocycles. The topological polar surface area (TPSA) is 30.4 Å². The van der Waals surface area contributed by atoms with Crippen LogP contribution in [-0.4, -0.2) is 9.38 Å². The number of fused-ring (bicyclic) bond motifs is 7. The number of aromatic nitrogens is 2. The van der Waals surface area contributed by atoms with Crippen LogP contribution in [0.3, 0.4) is 0 Å². The van der Waals surface area contributed by atoms with Crippen molar-refractivity contribution in [1.29, 1.82) is 0 Å². The molecule has 0 saturated carbocycles. The van der Waals surface area contributed by atoms with Crippen molar-refractivity contribution >= 4 is 27.6 Å². The summed E-state index contributed by atoms with van der Waals surface area (Å²) < 4.78 is 8.85. The number of furan rings is 1. The lowest BCUT2D eigenvalue weighted by molar-refractivity contribution is 0.658. The Hall–Kier alpha value is -5.41. The van der Waals surface area contributed by atoms with Gasteiger partial charge in [0.2, 0.25) is 0 Å². The second kappa shape index (κ2) is 8.80. The van der Waals surface area contributed by atoms with E-state index in [0.717, 1.165) is 55.8 Å². The maximum Gasteiger partial charge on any atom is 0.143 e. The quantitative estimate of drug-likeness (QED) is 0.218. The summed E-state index contributed by atoms with van der Waals surface area (Å²) in [4.78, 5) is 5.00. The van der Waals surface area contributed by atoms with Crippen LogP contribution in [0.15, 0.2) is 138 Å². The zero-order valence-electron chi connectivity index (χ0n) is 24.0. The van der Waals surface area contributed by atoms with Crippen LogP contribution in [0.25, 0.3) is 72.4 Å². The maximum atomic E-state index is 6.67. The minimum atomic E-state index is -0.0480. The third kappa shape index (κ3) is 3.45. The Kier molecular flexibility index (Phi) is 4.95. The fourth-order valence-corrected chi connectivity index (χ4v) is 7.10. The molecule has 5 aromatic carbocycles. The van der Waals surface area contributed by atoms with Gasteiger partial charge in [0, 0.05) is 39.1 Å². The maximum absolute atomic E-state index is 6.67. The summed E-state index contributed by atoms with van der Waals surface area (Å²) in [5.74, 6) is 0. The van der Waals surface area contributed by atoms with Crippen LogP contribution in [0, 0.1) is 0 Å². The largest absolute Gasteiger partial charge is 0.455 e. The lowest BCUT2D eigenvalue weighted by atomic mass is 9.82. The van der Waals surface area contributed by atoms with Crippen LogP contribution in [0.2, 0.25) is 0 Å². The Morgan fingerprint density at radius 1 is 0.581 bits per heavy atom. The predicted molar refractivity (Wildman–Crippen MR) is 176 cm³/mol. The minimum Gasteiger partial charge on any atom is -0.455 e. The molecule has 0 amide bonds. The number of rotatable bonds is 3. The average molecular weight is 553 g/mol.